The summed E-state index contributed by atoms with van der Waals surface area (Å²) in [6, 6.07) is 12.0. The van der Waals surface area contributed by atoms with Crippen molar-refractivity contribution in [1.82, 2.24) is 14.5 Å². The lowest BCUT2D eigenvalue weighted by molar-refractivity contribution is 0.0266. The molecule has 152 valence electrons. The first-order valence-corrected chi connectivity index (χ1v) is 10.4. The predicted octanol–water partition coefficient (Wildman–Crippen LogP) is 3.42. The molecule has 0 amide bonds. The third kappa shape index (κ3) is 5.92. The molecule has 0 spiro atoms. The molecule has 0 fully saturated rings. The van der Waals surface area contributed by atoms with Gasteiger partial charge in [-0.1, -0.05) is 30.3 Å². The van der Waals surface area contributed by atoms with E-state index in [0.29, 0.717) is 16.6 Å². The smallest absolute Gasteiger partial charge is 0.287 e. The number of aliphatic hydroxyl groups is 1. The molecule has 0 aliphatic carbocycles. The van der Waals surface area contributed by atoms with Gasteiger partial charge in [-0.25, -0.2) is 9.97 Å². The second-order valence-electron chi connectivity index (χ2n) is 7.41. The van der Waals surface area contributed by atoms with Crippen LogP contribution in [-0.4, -0.2) is 37.6 Å². The number of hydrogen-bond acceptors (Lipinski definition) is 6. The van der Waals surface area contributed by atoms with Crippen LogP contribution in [0.25, 0.3) is 5.69 Å². The van der Waals surface area contributed by atoms with Crippen LogP contribution in [-0.2, 0) is 6.42 Å². The maximum atomic E-state index is 12.9. The highest BCUT2D eigenvalue weighted by molar-refractivity contribution is 7.99. The molecule has 0 radical (unpaired) electrons. The summed E-state index contributed by atoms with van der Waals surface area (Å²) in [6.07, 6.45) is 5.72. The van der Waals surface area contributed by atoms with Crippen molar-refractivity contribution < 1.29 is 9.84 Å². The van der Waals surface area contributed by atoms with Gasteiger partial charge < -0.3 is 9.84 Å². The fourth-order valence-corrected chi connectivity index (χ4v) is 3.57. The van der Waals surface area contributed by atoms with Crippen LogP contribution in [0.15, 0.2) is 64.8 Å². The van der Waals surface area contributed by atoms with E-state index in [1.807, 2.05) is 31.2 Å². The average Bonchev–Trinajstić information content (AvgIpc) is 2.68. The summed E-state index contributed by atoms with van der Waals surface area (Å²) in [4.78, 5) is 21.4. The molecule has 7 heteroatoms. The fraction of sp³-hybridized carbons (Fsp3) is 0.318. The predicted molar refractivity (Wildman–Crippen MR) is 115 cm³/mol. The fourth-order valence-electron chi connectivity index (χ4n) is 2.68. The Morgan fingerprint density at radius 2 is 1.97 bits per heavy atom. The summed E-state index contributed by atoms with van der Waals surface area (Å²) in [6.45, 7) is 5.34. The highest BCUT2D eigenvalue weighted by atomic mass is 32.2. The summed E-state index contributed by atoms with van der Waals surface area (Å²) in [5, 5.41) is 10.3. The summed E-state index contributed by atoms with van der Waals surface area (Å²) in [5.41, 5.74) is 1.56. The van der Waals surface area contributed by atoms with Gasteiger partial charge in [0, 0.05) is 23.7 Å². The molecule has 0 atom stereocenters. The second kappa shape index (κ2) is 9.24. The van der Waals surface area contributed by atoms with Crippen LogP contribution in [0.1, 0.15) is 25.0 Å². The van der Waals surface area contributed by atoms with Crippen molar-refractivity contribution in [2.24, 2.45) is 0 Å². The van der Waals surface area contributed by atoms with Gasteiger partial charge >= 0.3 is 0 Å². The number of hydrogen-bond donors (Lipinski definition) is 1. The molecule has 3 rings (SSSR count). The molecule has 0 saturated carbocycles. The van der Waals surface area contributed by atoms with Gasteiger partial charge in [-0.05, 0) is 38.8 Å². The van der Waals surface area contributed by atoms with Gasteiger partial charge in [-0.15, -0.1) is 11.8 Å². The Labute approximate surface area is 174 Å². The Hall–Kier alpha value is -2.64. The normalized spacial score (nSPS) is 11.4. The Balaban J connectivity index is 1.73. The van der Waals surface area contributed by atoms with Crippen molar-refractivity contribution in [3.63, 3.8) is 0 Å². The number of thioether (sulfide) groups is 1. The topological polar surface area (TPSA) is 77.2 Å². The lowest BCUT2D eigenvalue weighted by Crippen LogP contribution is -2.28. The van der Waals surface area contributed by atoms with E-state index in [9.17, 15) is 9.90 Å². The Morgan fingerprint density at radius 3 is 2.66 bits per heavy atom. The van der Waals surface area contributed by atoms with Crippen LogP contribution in [0, 0.1) is 6.92 Å². The van der Waals surface area contributed by atoms with Gasteiger partial charge in [0.05, 0.1) is 17.5 Å². The van der Waals surface area contributed by atoms with Crippen molar-refractivity contribution >= 4 is 11.8 Å². The molecule has 6 nitrogen and oxygen atoms in total. The SMILES string of the molecule is Cc1cc(-n2ccnc(SCCc3ccccc3)c2=O)cnc1OCC(C)(C)O. The van der Waals surface area contributed by atoms with E-state index in [2.05, 4.69) is 22.1 Å². The maximum absolute atomic E-state index is 12.9. The minimum Gasteiger partial charge on any atom is -0.474 e. The molecule has 3 aromatic rings. The minimum atomic E-state index is -0.944. The Kier molecular flexibility index (Phi) is 6.71. The number of aryl methyl sites for hydroxylation is 2. The third-order valence-electron chi connectivity index (χ3n) is 4.14. The molecule has 0 aliphatic rings. The van der Waals surface area contributed by atoms with Crippen molar-refractivity contribution in [3.05, 3.63) is 76.5 Å². The highest BCUT2D eigenvalue weighted by Crippen LogP contribution is 2.19. The molecule has 2 heterocycles. The number of nitrogens with zero attached hydrogens (tertiary/aromatic N) is 3. The molecule has 0 unspecified atom stereocenters. The summed E-state index contributed by atoms with van der Waals surface area (Å²) in [7, 11) is 0. The van der Waals surface area contributed by atoms with Crippen molar-refractivity contribution in [3.8, 4) is 11.6 Å². The lowest BCUT2D eigenvalue weighted by Gasteiger charge is -2.18. The zero-order valence-electron chi connectivity index (χ0n) is 16.8. The number of benzene rings is 1. The minimum absolute atomic E-state index is 0.137. The Bertz CT molecular complexity index is 1010. The van der Waals surface area contributed by atoms with Crippen molar-refractivity contribution in [2.45, 2.75) is 37.8 Å². The molecular formula is C22H25N3O3S. The molecule has 1 N–H and O–H groups in total. The van der Waals surface area contributed by atoms with Crippen LogP contribution in [0.3, 0.4) is 0 Å². The molecular weight excluding hydrogens is 386 g/mol. The van der Waals surface area contributed by atoms with Gasteiger partial charge in [0.1, 0.15) is 6.61 Å². The van der Waals surface area contributed by atoms with Crippen LogP contribution >= 0.6 is 11.8 Å². The first kappa shape index (κ1) is 21.1. The van der Waals surface area contributed by atoms with Crippen LogP contribution in [0.5, 0.6) is 5.88 Å². The summed E-state index contributed by atoms with van der Waals surface area (Å²) >= 11 is 1.45. The Morgan fingerprint density at radius 1 is 1.21 bits per heavy atom. The van der Waals surface area contributed by atoms with E-state index in [1.54, 1.807) is 32.4 Å². The zero-order chi connectivity index (χ0) is 20.9. The van der Waals surface area contributed by atoms with Gasteiger partial charge in [-0.3, -0.25) is 9.36 Å². The maximum Gasteiger partial charge on any atom is 0.287 e. The highest BCUT2D eigenvalue weighted by Gasteiger charge is 2.15. The van der Waals surface area contributed by atoms with Crippen LogP contribution in [0.4, 0.5) is 0 Å². The van der Waals surface area contributed by atoms with Gasteiger partial charge in [0.25, 0.3) is 5.56 Å². The monoisotopic (exact) mass is 411 g/mol. The quantitative estimate of drug-likeness (QED) is 0.573. The number of aromatic nitrogens is 3. The second-order valence-corrected chi connectivity index (χ2v) is 8.49. The molecule has 2 aromatic heterocycles. The first-order chi connectivity index (χ1) is 13.8. The van der Waals surface area contributed by atoms with E-state index >= 15 is 0 Å². The van der Waals surface area contributed by atoms with E-state index < -0.39 is 5.60 Å². The molecule has 1 aromatic carbocycles. The molecule has 0 saturated heterocycles. The van der Waals surface area contributed by atoms with E-state index in [0.717, 1.165) is 17.7 Å². The average molecular weight is 412 g/mol. The van der Waals surface area contributed by atoms with Gasteiger partial charge in [0.15, 0.2) is 5.03 Å². The van der Waals surface area contributed by atoms with Crippen molar-refractivity contribution in [2.75, 3.05) is 12.4 Å². The van der Waals surface area contributed by atoms with E-state index in [4.69, 9.17) is 4.74 Å². The van der Waals surface area contributed by atoms with Crippen molar-refractivity contribution in [1.29, 1.82) is 0 Å². The molecule has 0 bridgehead atoms. The van der Waals surface area contributed by atoms with E-state index in [-0.39, 0.29) is 12.2 Å². The lowest BCUT2D eigenvalue weighted by atomic mass is 10.2. The number of rotatable bonds is 8. The summed E-state index contributed by atoms with van der Waals surface area (Å²) < 4.78 is 7.12. The first-order valence-electron chi connectivity index (χ1n) is 9.40. The summed E-state index contributed by atoms with van der Waals surface area (Å²) in [5.74, 6) is 1.22. The van der Waals surface area contributed by atoms with Gasteiger partial charge in [-0.2, -0.15) is 0 Å². The van der Waals surface area contributed by atoms with Crippen LogP contribution < -0.4 is 10.3 Å². The third-order valence-corrected chi connectivity index (χ3v) is 5.10. The molecule has 29 heavy (non-hydrogen) atoms. The number of pyridine rings is 1. The molecule has 0 aliphatic heterocycles. The number of ether oxygens (including phenoxy) is 1. The largest absolute Gasteiger partial charge is 0.474 e. The van der Waals surface area contributed by atoms with E-state index in [1.165, 1.54) is 21.9 Å². The standard InChI is InChI=1S/C22H25N3O3S/c1-16-13-18(14-24-19(16)28-15-22(2,3)27)25-11-10-23-20(21(25)26)29-12-9-17-7-5-4-6-8-17/h4-8,10-11,13-14,27H,9,12,15H2,1-3H3. The zero-order valence-corrected chi connectivity index (χ0v) is 17.6. The van der Waals surface area contributed by atoms with Gasteiger partial charge in [0.2, 0.25) is 5.88 Å². The van der Waals surface area contributed by atoms with Crippen LogP contribution in [0.2, 0.25) is 0 Å².